The molecule has 2 N–H and O–H groups in total. The van der Waals surface area contributed by atoms with Crippen molar-refractivity contribution in [1.29, 1.82) is 0 Å². The van der Waals surface area contributed by atoms with Crippen LogP contribution in [-0.2, 0) is 0 Å². The third kappa shape index (κ3) is 5.73. The molecule has 3 saturated carbocycles. The van der Waals surface area contributed by atoms with Crippen LogP contribution in [0.25, 0.3) is 0 Å². The van der Waals surface area contributed by atoms with Crippen molar-refractivity contribution in [1.82, 2.24) is 0 Å². The zero-order valence-electron chi connectivity index (χ0n) is 19.1. The van der Waals surface area contributed by atoms with Crippen LogP contribution < -0.4 is 0 Å². The Kier molecular flexibility index (Phi) is 7.31. The van der Waals surface area contributed by atoms with Gasteiger partial charge in [0.1, 0.15) is 6.17 Å². The van der Waals surface area contributed by atoms with E-state index >= 15 is 0 Å². The van der Waals surface area contributed by atoms with Gasteiger partial charge in [0, 0.05) is 12.8 Å². The summed E-state index contributed by atoms with van der Waals surface area (Å²) in [6.07, 6.45) is 14.0. The second-order valence-corrected chi connectivity index (χ2v) is 11.2. The Morgan fingerprint density at radius 1 is 1.24 bits per heavy atom. The Morgan fingerprint density at radius 3 is 2.69 bits per heavy atom. The standard InChI is InChI=1S/C26H43FO2/c1-18(7-5-13-25(2,3)29)23-11-12-24-20(8-6-14-26(23,24)4)10-9-19-15-21(27)17-22(28)16-19/h9-10,18,21-24,28-29H,5-8,11-17H2,1-4H3/b19-9+,20-10+/t18-,21-,22-,23-,24+,26-/m1/s1. The van der Waals surface area contributed by atoms with Crippen LogP contribution >= 0.6 is 0 Å². The summed E-state index contributed by atoms with van der Waals surface area (Å²) in [6.45, 7) is 8.76. The quantitative estimate of drug-likeness (QED) is 0.527. The van der Waals surface area contributed by atoms with Gasteiger partial charge in [0.15, 0.2) is 0 Å². The predicted molar refractivity (Wildman–Crippen MR) is 118 cm³/mol. The molecule has 0 spiro atoms. The Morgan fingerprint density at radius 2 is 2.00 bits per heavy atom. The highest BCUT2D eigenvalue weighted by atomic mass is 19.1. The van der Waals surface area contributed by atoms with E-state index in [-0.39, 0.29) is 0 Å². The highest BCUT2D eigenvalue weighted by Crippen LogP contribution is 2.59. The van der Waals surface area contributed by atoms with E-state index in [0.29, 0.717) is 36.5 Å². The van der Waals surface area contributed by atoms with Gasteiger partial charge in [-0.1, -0.05) is 50.0 Å². The summed E-state index contributed by atoms with van der Waals surface area (Å²) in [4.78, 5) is 0. The van der Waals surface area contributed by atoms with Crippen LogP contribution in [0.15, 0.2) is 23.3 Å². The summed E-state index contributed by atoms with van der Waals surface area (Å²) in [7, 11) is 0. The summed E-state index contributed by atoms with van der Waals surface area (Å²) in [5.74, 6) is 2.12. The molecule has 3 fully saturated rings. The number of hydrogen-bond donors (Lipinski definition) is 2. The fraction of sp³-hybridized carbons (Fsp3) is 0.846. The van der Waals surface area contributed by atoms with E-state index in [1.165, 1.54) is 38.5 Å². The Balaban J connectivity index is 1.66. The lowest BCUT2D eigenvalue weighted by atomic mass is 9.60. The van der Waals surface area contributed by atoms with Crippen LogP contribution in [0.1, 0.15) is 98.3 Å². The van der Waals surface area contributed by atoms with Gasteiger partial charge in [0.2, 0.25) is 0 Å². The fourth-order valence-corrected chi connectivity index (χ4v) is 6.77. The molecule has 0 heterocycles. The van der Waals surface area contributed by atoms with Crippen molar-refractivity contribution in [2.75, 3.05) is 0 Å². The van der Waals surface area contributed by atoms with Crippen LogP contribution in [-0.4, -0.2) is 28.1 Å². The summed E-state index contributed by atoms with van der Waals surface area (Å²) >= 11 is 0. The number of aliphatic hydroxyl groups is 2. The Labute approximate surface area is 177 Å². The highest BCUT2D eigenvalue weighted by molar-refractivity contribution is 5.26. The number of aliphatic hydroxyl groups excluding tert-OH is 1. The maximum absolute atomic E-state index is 13.8. The van der Waals surface area contributed by atoms with E-state index in [0.717, 1.165) is 24.3 Å². The van der Waals surface area contributed by atoms with E-state index in [2.05, 4.69) is 26.0 Å². The van der Waals surface area contributed by atoms with Gasteiger partial charge in [0.25, 0.3) is 0 Å². The van der Waals surface area contributed by atoms with E-state index in [4.69, 9.17) is 0 Å². The van der Waals surface area contributed by atoms with Crippen LogP contribution in [0.4, 0.5) is 4.39 Å². The third-order valence-electron chi connectivity index (χ3n) is 8.22. The second kappa shape index (κ2) is 9.22. The number of halogens is 1. The zero-order valence-corrected chi connectivity index (χ0v) is 19.1. The second-order valence-electron chi connectivity index (χ2n) is 11.2. The van der Waals surface area contributed by atoms with E-state index < -0.39 is 17.9 Å². The van der Waals surface area contributed by atoms with Gasteiger partial charge in [-0.05, 0) is 82.0 Å². The van der Waals surface area contributed by atoms with Crippen molar-refractivity contribution in [3.63, 3.8) is 0 Å². The number of fused-ring (bicyclic) bond motifs is 1. The monoisotopic (exact) mass is 406 g/mol. The predicted octanol–water partition coefficient (Wildman–Crippen LogP) is 6.52. The molecule has 3 aliphatic rings. The molecule has 0 bridgehead atoms. The minimum atomic E-state index is -0.888. The molecule has 3 aliphatic carbocycles. The minimum Gasteiger partial charge on any atom is -0.393 e. The molecule has 3 heteroatoms. The molecule has 0 aromatic rings. The molecule has 2 nitrogen and oxygen atoms in total. The van der Waals surface area contributed by atoms with Gasteiger partial charge in [-0.2, -0.15) is 0 Å². The number of rotatable bonds is 6. The molecule has 29 heavy (non-hydrogen) atoms. The van der Waals surface area contributed by atoms with E-state index in [1.54, 1.807) is 5.57 Å². The molecule has 166 valence electrons. The van der Waals surface area contributed by atoms with Crippen LogP contribution in [0.5, 0.6) is 0 Å². The number of allylic oxidation sites excluding steroid dienone is 3. The maximum Gasteiger partial charge on any atom is 0.106 e. The Hall–Kier alpha value is -0.670. The third-order valence-corrected chi connectivity index (χ3v) is 8.22. The van der Waals surface area contributed by atoms with Crippen molar-refractivity contribution in [3.8, 4) is 0 Å². The topological polar surface area (TPSA) is 40.5 Å². The molecule has 0 aromatic carbocycles. The van der Waals surface area contributed by atoms with Gasteiger partial charge in [-0.25, -0.2) is 4.39 Å². The molecule has 0 unspecified atom stereocenters. The van der Waals surface area contributed by atoms with Gasteiger partial charge in [-0.3, -0.25) is 0 Å². The molecule has 3 rings (SSSR count). The average molecular weight is 407 g/mol. The first kappa shape index (κ1) is 23.0. The maximum atomic E-state index is 13.8. The zero-order chi connectivity index (χ0) is 21.2. The van der Waals surface area contributed by atoms with Gasteiger partial charge < -0.3 is 10.2 Å². The fourth-order valence-electron chi connectivity index (χ4n) is 6.77. The lowest BCUT2D eigenvalue weighted by Gasteiger charge is -2.44. The molecule has 0 saturated heterocycles. The van der Waals surface area contributed by atoms with Gasteiger partial charge in [0.05, 0.1) is 11.7 Å². The summed E-state index contributed by atoms with van der Waals surface area (Å²) in [6, 6.07) is 0. The summed E-state index contributed by atoms with van der Waals surface area (Å²) in [5.41, 5.74) is 2.46. The molecule has 0 aliphatic heterocycles. The first-order valence-electron chi connectivity index (χ1n) is 12.0. The average Bonchev–Trinajstić information content (AvgIpc) is 2.95. The van der Waals surface area contributed by atoms with Crippen molar-refractivity contribution in [3.05, 3.63) is 23.3 Å². The normalized spacial score (nSPS) is 39.7. The van der Waals surface area contributed by atoms with Gasteiger partial charge >= 0.3 is 0 Å². The first-order chi connectivity index (χ1) is 13.6. The Bertz CT molecular complexity index is 605. The van der Waals surface area contributed by atoms with Crippen LogP contribution in [0.2, 0.25) is 0 Å². The van der Waals surface area contributed by atoms with Gasteiger partial charge in [-0.15, -0.1) is 0 Å². The largest absolute Gasteiger partial charge is 0.393 e. The minimum absolute atomic E-state index is 0.293. The molecular formula is C26H43FO2. The van der Waals surface area contributed by atoms with Crippen molar-refractivity contribution in [2.24, 2.45) is 23.2 Å². The van der Waals surface area contributed by atoms with Crippen LogP contribution in [0, 0.1) is 23.2 Å². The molecular weight excluding hydrogens is 363 g/mol. The van der Waals surface area contributed by atoms with E-state index in [1.807, 2.05) is 13.8 Å². The number of alkyl halides is 1. The lowest BCUT2D eigenvalue weighted by molar-refractivity contribution is 0.0596. The molecule has 6 atom stereocenters. The van der Waals surface area contributed by atoms with Crippen LogP contribution in [0.3, 0.4) is 0 Å². The van der Waals surface area contributed by atoms with Crippen molar-refractivity contribution < 1.29 is 14.6 Å². The highest BCUT2D eigenvalue weighted by Gasteiger charge is 2.50. The van der Waals surface area contributed by atoms with Crippen molar-refractivity contribution in [2.45, 2.75) is 116 Å². The molecule has 0 radical (unpaired) electrons. The SMILES string of the molecule is C[C@H](CCCC(C)(C)O)[C@H]1CC[C@H]2/C(=C/C=C3/C[C@@H](O)C[C@H](F)C3)CCC[C@]12C. The smallest absolute Gasteiger partial charge is 0.106 e. The van der Waals surface area contributed by atoms with Crippen molar-refractivity contribution >= 4 is 0 Å². The lowest BCUT2D eigenvalue weighted by Crippen LogP contribution is -2.36. The van der Waals surface area contributed by atoms with E-state index in [9.17, 15) is 14.6 Å². The summed E-state index contributed by atoms with van der Waals surface area (Å²) < 4.78 is 13.8. The first-order valence-corrected chi connectivity index (χ1v) is 12.0. The molecule has 0 amide bonds. The summed E-state index contributed by atoms with van der Waals surface area (Å²) in [5, 5.41) is 19.9. The number of hydrogen-bond acceptors (Lipinski definition) is 2. The molecule has 0 aromatic heterocycles.